The van der Waals surface area contributed by atoms with Crippen LogP contribution in [0, 0.1) is 0 Å². The Balaban J connectivity index is 1.56. The predicted molar refractivity (Wildman–Crippen MR) is 86.0 cm³/mol. The van der Waals surface area contributed by atoms with Crippen molar-refractivity contribution < 1.29 is 4.79 Å². The second-order valence-electron chi connectivity index (χ2n) is 5.24. The van der Waals surface area contributed by atoms with Gasteiger partial charge in [-0.1, -0.05) is 23.7 Å². The lowest BCUT2D eigenvalue weighted by atomic mass is 10.1. The van der Waals surface area contributed by atoms with Gasteiger partial charge in [-0.25, -0.2) is 4.98 Å². The summed E-state index contributed by atoms with van der Waals surface area (Å²) in [6.45, 7) is 2.96. The number of piperazine rings is 1. The maximum Gasteiger partial charge on any atom is 0.227 e. The molecule has 114 valence electrons. The molecule has 0 bridgehead atoms. The fourth-order valence-electron chi connectivity index (χ4n) is 2.57. The largest absolute Gasteiger partial charge is 0.352 e. The van der Waals surface area contributed by atoms with Crippen molar-refractivity contribution in [3.05, 3.63) is 53.4 Å². The summed E-state index contributed by atoms with van der Waals surface area (Å²) >= 11 is 5.96. The molecule has 1 aromatic heterocycles. The van der Waals surface area contributed by atoms with Crippen molar-refractivity contribution in [3.8, 4) is 0 Å². The van der Waals surface area contributed by atoms with Gasteiger partial charge >= 0.3 is 0 Å². The molecule has 0 atom stereocenters. The van der Waals surface area contributed by atoms with Crippen molar-refractivity contribution in [2.45, 2.75) is 6.42 Å². The summed E-state index contributed by atoms with van der Waals surface area (Å²) in [7, 11) is 0. The Kier molecular flexibility index (Phi) is 4.53. The molecule has 1 aromatic carbocycles. The molecular formula is C16H17ClN4O. The number of anilines is 1. The molecule has 5 nitrogen and oxygen atoms in total. The van der Waals surface area contributed by atoms with Crippen LogP contribution in [0.4, 0.5) is 5.82 Å². The third-order valence-electron chi connectivity index (χ3n) is 3.75. The molecule has 3 rings (SSSR count). The monoisotopic (exact) mass is 316 g/mol. The van der Waals surface area contributed by atoms with Crippen LogP contribution in [0.2, 0.25) is 5.02 Å². The maximum atomic E-state index is 12.4. The quantitative estimate of drug-likeness (QED) is 0.869. The molecule has 22 heavy (non-hydrogen) atoms. The number of halogens is 1. The van der Waals surface area contributed by atoms with E-state index in [2.05, 4.69) is 14.9 Å². The molecule has 0 N–H and O–H groups in total. The molecule has 6 heteroatoms. The van der Waals surface area contributed by atoms with Gasteiger partial charge in [0.05, 0.1) is 12.6 Å². The number of hydrogen-bond acceptors (Lipinski definition) is 4. The number of nitrogens with zero attached hydrogens (tertiary/aromatic N) is 4. The number of carbonyl (C=O) groups is 1. The Morgan fingerprint density at radius 1 is 1.18 bits per heavy atom. The Labute approximate surface area is 134 Å². The van der Waals surface area contributed by atoms with Gasteiger partial charge in [0.2, 0.25) is 5.91 Å². The molecule has 0 aliphatic carbocycles. The lowest BCUT2D eigenvalue weighted by molar-refractivity contribution is -0.130. The Morgan fingerprint density at radius 3 is 2.68 bits per heavy atom. The van der Waals surface area contributed by atoms with E-state index in [1.54, 1.807) is 18.6 Å². The van der Waals surface area contributed by atoms with Crippen LogP contribution < -0.4 is 4.90 Å². The number of benzene rings is 1. The minimum atomic E-state index is 0.140. The van der Waals surface area contributed by atoms with Gasteiger partial charge in [0.15, 0.2) is 0 Å². The van der Waals surface area contributed by atoms with Gasteiger partial charge in [0.25, 0.3) is 0 Å². The molecule has 0 unspecified atom stereocenters. The average Bonchev–Trinajstić information content (AvgIpc) is 2.56. The van der Waals surface area contributed by atoms with Gasteiger partial charge in [0, 0.05) is 43.6 Å². The number of aromatic nitrogens is 2. The van der Waals surface area contributed by atoms with E-state index in [4.69, 9.17) is 11.6 Å². The van der Waals surface area contributed by atoms with E-state index < -0.39 is 0 Å². The van der Waals surface area contributed by atoms with Gasteiger partial charge < -0.3 is 9.80 Å². The molecule has 1 fully saturated rings. The van der Waals surface area contributed by atoms with E-state index in [-0.39, 0.29) is 5.91 Å². The SMILES string of the molecule is O=C(Cc1cccc(Cl)c1)N1CCN(c2cnccn2)CC1. The summed E-state index contributed by atoms with van der Waals surface area (Å²) in [6.07, 6.45) is 5.50. The lowest BCUT2D eigenvalue weighted by Gasteiger charge is -2.35. The van der Waals surface area contributed by atoms with Gasteiger partial charge in [-0.2, -0.15) is 0 Å². The minimum Gasteiger partial charge on any atom is -0.352 e. The van der Waals surface area contributed by atoms with Crippen LogP contribution in [0.1, 0.15) is 5.56 Å². The molecule has 1 aliphatic heterocycles. The number of carbonyl (C=O) groups excluding carboxylic acids is 1. The average molecular weight is 317 g/mol. The van der Waals surface area contributed by atoms with Crippen molar-refractivity contribution in [2.24, 2.45) is 0 Å². The normalized spacial score (nSPS) is 15.0. The maximum absolute atomic E-state index is 12.4. The van der Waals surface area contributed by atoms with Crippen molar-refractivity contribution in [1.29, 1.82) is 0 Å². The zero-order chi connectivity index (χ0) is 15.4. The highest BCUT2D eigenvalue weighted by atomic mass is 35.5. The Hall–Kier alpha value is -2.14. The first-order chi connectivity index (χ1) is 10.7. The number of amides is 1. The highest BCUT2D eigenvalue weighted by molar-refractivity contribution is 6.30. The number of hydrogen-bond donors (Lipinski definition) is 0. The third kappa shape index (κ3) is 3.54. The first kappa shape index (κ1) is 14.8. The van der Waals surface area contributed by atoms with Crippen molar-refractivity contribution in [2.75, 3.05) is 31.1 Å². The topological polar surface area (TPSA) is 49.3 Å². The van der Waals surface area contributed by atoms with Gasteiger partial charge in [0.1, 0.15) is 5.82 Å². The van der Waals surface area contributed by atoms with Crippen molar-refractivity contribution in [1.82, 2.24) is 14.9 Å². The zero-order valence-corrected chi connectivity index (χ0v) is 12.9. The smallest absolute Gasteiger partial charge is 0.227 e. The minimum absolute atomic E-state index is 0.140. The van der Waals surface area contributed by atoms with E-state index in [0.717, 1.165) is 24.5 Å². The van der Waals surface area contributed by atoms with E-state index in [9.17, 15) is 4.79 Å². The van der Waals surface area contributed by atoms with Gasteiger partial charge in [-0.05, 0) is 17.7 Å². The van der Waals surface area contributed by atoms with Crippen LogP contribution >= 0.6 is 11.6 Å². The first-order valence-electron chi connectivity index (χ1n) is 7.25. The van der Waals surface area contributed by atoms with Crippen LogP contribution in [0.15, 0.2) is 42.9 Å². The lowest BCUT2D eigenvalue weighted by Crippen LogP contribution is -2.49. The van der Waals surface area contributed by atoms with E-state index in [1.807, 2.05) is 29.2 Å². The molecule has 1 aliphatic rings. The Bertz CT molecular complexity index is 642. The standard InChI is InChI=1S/C16H17ClN4O/c17-14-3-1-2-13(10-14)11-16(22)21-8-6-20(7-9-21)15-12-18-4-5-19-15/h1-5,10,12H,6-9,11H2. The summed E-state index contributed by atoms with van der Waals surface area (Å²) in [5.74, 6) is 1.01. The second-order valence-corrected chi connectivity index (χ2v) is 5.67. The van der Waals surface area contributed by atoms with E-state index in [1.165, 1.54) is 0 Å². The molecule has 0 saturated carbocycles. The zero-order valence-electron chi connectivity index (χ0n) is 12.2. The summed E-state index contributed by atoms with van der Waals surface area (Å²) in [6, 6.07) is 7.46. The summed E-state index contributed by atoms with van der Waals surface area (Å²) in [5.41, 5.74) is 0.953. The fourth-order valence-corrected chi connectivity index (χ4v) is 2.79. The predicted octanol–water partition coefficient (Wildman–Crippen LogP) is 2.02. The highest BCUT2D eigenvalue weighted by Crippen LogP contribution is 2.14. The van der Waals surface area contributed by atoms with Crippen molar-refractivity contribution in [3.63, 3.8) is 0 Å². The van der Waals surface area contributed by atoms with Crippen LogP contribution in [0.25, 0.3) is 0 Å². The van der Waals surface area contributed by atoms with E-state index in [0.29, 0.717) is 24.5 Å². The van der Waals surface area contributed by atoms with Crippen LogP contribution in [-0.4, -0.2) is 47.0 Å². The molecule has 0 spiro atoms. The molecule has 1 amide bonds. The van der Waals surface area contributed by atoms with Crippen LogP contribution in [0.3, 0.4) is 0 Å². The molecule has 1 saturated heterocycles. The molecule has 2 aromatic rings. The van der Waals surface area contributed by atoms with Gasteiger partial charge in [-0.15, -0.1) is 0 Å². The summed E-state index contributed by atoms with van der Waals surface area (Å²) in [5, 5.41) is 0.665. The van der Waals surface area contributed by atoms with Gasteiger partial charge in [-0.3, -0.25) is 9.78 Å². The highest BCUT2D eigenvalue weighted by Gasteiger charge is 2.21. The fraction of sp³-hybridized carbons (Fsp3) is 0.312. The Morgan fingerprint density at radius 2 is 2.00 bits per heavy atom. The third-order valence-corrected chi connectivity index (χ3v) is 3.99. The van der Waals surface area contributed by atoms with E-state index >= 15 is 0 Å². The molecule has 2 heterocycles. The molecular weight excluding hydrogens is 300 g/mol. The second kappa shape index (κ2) is 6.75. The van der Waals surface area contributed by atoms with Crippen LogP contribution in [-0.2, 0) is 11.2 Å². The van der Waals surface area contributed by atoms with Crippen molar-refractivity contribution >= 4 is 23.3 Å². The molecule has 0 radical (unpaired) electrons. The van der Waals surface area contributed by atoms with Crippen LogP contribution in [0.5, 0.6) is 0 Å². The summed E-state index contributed by atoms with van der Waals surface area (Å²) < 4.78 is 0. The number of rotatable bonds is 3. The first-order valence-corrected chi connectivity index (χ1v) is 7.63. The summed E-state index contributed by atoms with van der Waals surface area (Å²) in [4.78, 5) is 24.8.